The van der Waals surface area contributed by atoms with E-state index < -0.39 is 0 Å². The Bertz CT molecular complexity index is 476. The van der Waals surface area contributed by atoms with Crippen LogP contribution in [0.15, 0.2) is 18.2 Å². The lowest BCUT2D eigenvalue weighted by Gasteiger charge is -2.41. The zero-order valence-corrected chi connectivity index (χ0v) is 14.3. The molecule has 2 fully saturated rings. The smallest absolute Gasteiger partial charge is 0.0783 e. The van der Waals surface area contributed by atoms with E-state index in [0.29, 0.717) is 12.0 Å². The van der Waals surface area contributed by atoms with Gasteiger partial charge in [0, 0.05) is 18.4 Å². The first-order valence-corrected chi connectivity index (χ1v) is 9.24. The van der Waals surface area contributed by atoms with Crippen molar-refractivity contribution in [1.82, 2.24) is 5.32 Å². The molecule has 3 rings (SSSR count). The van der Waals surface area contributed by atoms with Gasteiger partial charge in [0.1, 0.15) is 0 Å². The molecule has 1 spiro atoms. The second kappa shape index (κ2) is 6.31. The molecule has 0 bridgehead atoms. The minimum absolute atomic E-state index is 0.168. The summed E-state index contributed by atoms with van der Waals surface area (Å²) < 4.78 is 6.19. The van der Waals surface area contributed by atoms with Crippen LogP contribution < -0.4 is 5.32 Å². The molecule has 3 unspecified atom stereocenters. The summed E-state index contributed by atoms with van der Waals surface area (Å²) in [6.07, 6.45) is 3.61. The van der Waals surface area contributed by atoms with Crippen LogP contribution in [-0.4, -0.2) is 30.8 Å². The first-order valence-electron chi connectivity index (χ1n) is 8.09. The van der Waals surface area contributed by atoms with E-state index in [9.17, 15) is 0 Å². The quantitative estimate of drug-likeness (QED) is 0.916. The number of thioether (sulfide) groups is 1. The van der Waals surface area contributed by atoms with Crippen molar-refractivity contribution >= 4 is 11.8 Å². The van der Waals surface area contributed by atoms with Crippen molar-refractivity contribution in [3.8, 4) is 0 Å². The lowest BCUT2D eigenvalue weighted by atomic mass is 9.78. The molecule has 2 heterocycles. The second-order valence-corrected chi connectivity index (χ2v) is 7.88. The van der Waals surface area contributed by atoms with Crippen molar-refractivity contribution in [1.29, 1.82) is 0 Å². The van der Waals surface area contributed by atoms with Crippen LogP contribution in [0.5, 0.6) is 0 Å². The molecular formula is C18H27NOS. The van der Waals surface area contributed by atoms with Crippen molar-refractivity contribution in [3.05, 3.63) is 34.9 Å². The van der Waals surface area contributed by atoms with Gasteiger partial charge in [-0.25, -0.2) is 0 Å². The number of aryl methyl sites for hydroxylation is 2. The van der Waals surface area contributed by atoms with E-state index in [1.165, 1.54) is 47.5 Å². The summed E-state index contributed by atoms with van der Waals surface area (Å²) in [6.45, 7) is 5.32. The monoisotopic (exact) mass is 305 g/mol. The standard InChI is InChI=1S/C18H27NOS/c1-13-8-14(2)10-16(9-13)17(19-3)15-4-6-20-18(11-15)5-7-21-12-18/h8-10,15,17,19H,4-7,11-12H2,1-3H3. The molecule has 1 N–H and O–H groups in total. The van der Waals surface area contributed by atoms with Gasteiger partial charge in [0.25, 0.3) is 0 Å². The number of nitrogens with one attached hydrogen (secondary N) is 1. The minimum Gasteiger partial charge on any atom is -0.374 e. The maximum Gasteiger partial charge on any atom is 0.0783 e. The summed E-state index contributed by atoms with van der Waals surface area (Å²) in [5, 5.41) is 3.59. The van der Waals surface area contributed by atoms with Gasteiger partial charge in [-0.1, -0.05) is 29.3 Å². The maximum absolute atomic E-state index is 6.19. The molecule has 3 atom stereocenters. The lowest BCUT2D eigenvalue weighted by Crippen LogP contribution is -2.43. The molecule has 2 aliphatic rings. The highest BCUT2D eigenvalue weighted by Crippen LogP contribution is 2.44. The summed E-state index contributed by atoms with van der Waals surface area (Å²) in [5.41, 5.74) is 4.34. The van der Waals surface area contributed by atoms with Crippen molar-refractivity contribution in [2.45, 2.75) is 44.8 Å². The van der Waals surface area contributed by atoms with Gasteiger partial charge < -0.3 is 10.1 Å². The van der Waals surface area contributed by atoms with Crippen molar-refractivity contribution in [2.24, 2.45) is 5.92 Å². The van der Waals surface area contributed by atoms with Gasteiger partial charge in [0.05, 0.1) is 5.60 Å². The van der Waals surface area contributed by atoms with Crippen LogP contribution in [0.25, 0.3) is 0 Å². The Morgan fingerprint density at radius 1 is 1.29 bits per heavy atom. The van der Waals surface area contributed by atoms with Crippen LogP contribution >= 0.6 is 11.8 Å². The number of ether oxygens (including phenoxy) is 1. The summed E-state index contributed by atoms with van der Waals surface area (Å²) >= 11 is 2.06. The fourth-order valence-electron chi connectivity index (χ4n) is 4.08. The van der Waals surface area contributed by atoms with E-state index in [1.54, 1.807) is 0 Å². The highest BCUT2D eigenvalue weighted by Gasteiger charge is 2.42. The third kappa shape index (κ3) is 3.30. The first kappa shape index (κ1) is 15.4. The van der Waals surface area contributed by atoms with Gasteiger partial charge in [-0.3, -0.25) is 0 Å². The Balaban J connectivity index is 1.82. The van der Waals surface area contributed by atoms with Crippen molar-refractivity contribution in [2.75, 3.05) is 25.2 Å². The zero-order valence-electron chi connectivity index (χ0n) is 13.4. The van der Waals surface area contributed by atoms with Crippen LogP contribution in [0.2, 0.25) is 0 Å². The third-order valence-electron chi connectivity index (χ3n) is 4.98. The van der Waals surface area contributed by atoms with Gasteiger partial charge in [0.15, 0.2) is 0 Å². The second-order valence-electron chi connectivity index (χ2n) is 6.77. The molecule has 116 valence electrons. The number of rotatable bonds is 3. The summed E-state index contributed by atoms with van der Waals surface area (Å²) in [7, 11) is 2.11. The molecule has 3 heteroatoms. The van der Waals surface area contributed by atoms with Crippen LogP contribution in [0.4, 0.5) is 0 Å². The predicted molar refractivity (Wildman–Crippen MR) is 91.1 cm³/mol. The Morgan fingerprint density at radius 2 is 2.05 bits per heavy atom. The average molecular weight is 305 g/mol. The summed E-state index contributed by atoms with van der Waals surface area (Å²) in [6, 6.07) is 7.41. The van der Waals surface area contributed by atoms with Gasteiger partial charge in [-0.2, -0.15) is 11.8 Å². The van der Waals surface area contributed by atoms with E-state index in [1.807, 2.05) is 0 Å². The molecule has 1 aromatic rings. The lowest BCUT2D eigenvalue weighted by molar-refractivity contribution is -0.0850. The maximum atomic E-state index is 6.19. The van der Waals surface area contributed by atoms with Crippen molar-refractivity contribution < 1.29 is 4.74 Å². The Morgan fingerprint density at radius 3 is 2.67 bits per heavy atom. The molecule has 1 aromatic carbocycles. The fraction of sp³-hybridized carbons (Fsp3) is 0.667. The molecule has 2 aliphatic heterocycles. The van der Waals surface area contributed by atoms with E-state index in [2.05, 4.69) is 56.2 Å². The summed E-state index contributed by atoms with van der Waals surface area (Å²) in [4.78, 5) is 0. The molecule has 0 amide bonds. The molecule has 2 nitrogen and oxygen atoms in total. The number of hydrogen-bond acceptors (Lipinski definition) is 3. The Hall–Kier alpha value is -0.510. The van der Waals surface area contributed by atoms with E-state index in [4.69, 9.17) is 4.74 Å². The van der Waals surface area contributed by atoms with Crippen LogP contribution in [0, 0.1) is 19.8 Å². The Labute approximate surface area is 133 Å². The highest BCUT2D eigenvalue weighted by atomic mass is 32.2. The number of hydrogen-bond donors (Lipinski definition) is 1. The Kier molecular flexibility index (Phi) is 4.63. The fourth-order valence-corrected chi connectivity index (χ4v) is 5.46. The minimum atomic E-state index is 0.168. The topological polar surface area (TPSA) is 21.3 Å². The molecule has 2 saturated heterocycles. The normalized spacial score (nSPS) is 30.7. The van der Waals surface area contributed by atoms with Gasteiger partial charge in [0.2, 0.25) is 0 Å². The molecular weight excluding hydrogens is 278 g/mol. The molecule has 0 saturated carbocycles. The highest BCUT2D eigenvalue weighted by molar-refractivity contribution is 7.99. The third-order valence-corrected chi connectivity index (χ3v) is 6.21. The largest absolute Gasteiger partial charge is 0.374 e. The van der Waals surface area contributed by atoms with Crippen LogP contribution in [0.1, 0.15) is 42.0 Å². The SMILES string of the molecule is CNC(c1cc(C)cc(C)c1)C1CCOC2(CCSC2)C1. The molecule has 0 aromatic heterocycles. The van der Waals surface area contributed by atoms with Crippen LogP contribution in [-0.2, 0) is 4.74 Å². The van der Waals surface area contributed by atoms with E-state index in [-0.39, 0.29) is 5.60 Å². The van der Waals surface area contributed by atoms with Gasteiger partial charge in [-0.05, 0) is 57.4 Å². The first-order chi connectivity index (χ1) is 10.1. The molecule has 0 aliphatic carbocycles. The van der Waals surface area contributed by atoms with Crippen molar-refractivity contribution in [3.63, 3.8) is 0 Å². The molecule has 21 heavy (non-hydrogen) atoms. The van der Waals surface area contributed by atoms with Crippen LogP contribution in [0.3, 0.4) is 0 Å². The van der Waals surface area contributed by atoms with Gasteiger partial charge in [-0.15, -0.1) is 0 Å². The van der Waals surface area contributed by atoms with E-state index >= 15 is 0 Å². The molecule has 0 radical (unpaired) electrons. The van der Waals surface area contributed by atoms with Gasteiger partial charge >= 0.3 is 0 Å². The van der Waals surface area contributed by atoms with E-state index in [0.717, 1.165) is 6.61 Å². The number of benzene rings is 1. The summed E-state index contributed by atoms with van der Waals surface area (Å²) in [5.74, 6) is 3.14. The zero-order chi connectivity index (χ0) is 14.9. The average Bonchev–Trinajstić information content (AvgIpc) is 2.86. The predicted octanol–water partition coefficient (Wildman–Crippen LogP) is 3.87.